The number of aromatic hydroxyl groups is 2. The Balaban J connectivity index is 1.38. The fourth-order valence-corrected chi connectivity index (χ4v) is 4.79. The van der Waals surface area contributed by atoms with Gasteiger partial charge in [0.1, 0.15) is 17.1 Å². The quantitative estimate of drug-likeness (QED) is 0.276. The highest BCUT2D eigenvalue weighted by Gasteiger charge is 2.23. The average molecular weight is 533 g/mol. The van der Waals surface area contributed by atoms with E-state index in [0.29, 0.717) is 31.1 Å². The number of benzene rings is 2. The number of hydroxylamine groups is 1. The van der Waals surface area contributed by atoms with Gasteiger partial charge >= 0.3 is 5.97 Å². The van der Waals surface area contributed by atoms with E-state index in [9.17, 15) is 19.8 Å². The van der Waals surface area contributed by atoms with Crippen LogP contribution in [0.5, 0.6) is 11.5 Å². The van der Waals surface area contributed by atoms with Crippen molar-refractivity contribution in [3.63, 3.8) is 0 Å². The minimum Gasteiger partial charge on any atom is -0.508 e. The standard InChI is InChI=1S/C31H36N2O6/c34-27-20-25-19-26(12-8-3-1-2-4-9-17-38-31(37)30(25)28(35)21-27)32-39-22-29(36)33-15-13-24(14-16-33)18-23-10-6-5-7-11-23/h2,4-8,10-12,19-21,24,32,34-35H,1,3,9,13-18,22H2/b4-2?,12-8?,26-19-. The Bertz CT molecular complexity index is 1210. The molecule has 0 unspecified atom stereocenters. The second-order valence-corrected chi connectivity index (χ2v) is 9.81. The number of nitrogens with zero attached hydrogens (tertiary/aromatic N) is 1. The number of carbonyl (C=O) groups excluding carboxylic acids is 2. The molecule has 4 rings (SSSR count). The molecule has 0 spiro atoms. The second-order valence-electron chi connectivity index (χ2n) is 9.81. The van der Waals surface area contributed by atoms with Crippen LogP contribution >= 0.6 is 0 Å². The number of phenols is 2. The van der Waals surface area contributed by atoms with E-state index in [-0.39, 0.29) is 41.7 Å². The molecule has 0 bridgehead atoms. The van der Waals surface area contributed by atoms with E-state index in [4.69, 9.17) is 9.57 Å². The van der Waals surface area contributed by atoms with Crippen molar-refractivity contribution in [1.82, 2.24) is 10.4 Å². The molecule has 206 valence electrons. The van der Waals surface area contributed by atoms with Crippen molar-refractivity contribution in [2.45, 2.75) is 38.5 Å². The zero-order valence-corrected chi connectivity index (χ0v) is 22.1. The number of cyclic esters (lactones) is 1. The summed E-state index contributed by atoms with van der Waals surface area (Å²) >= 11 is 0. The summed E-state index contributed by atoms with van der Waals surface area (Å²) in [6.07, 6.45) is 14.3. The van der Waals surface area contributed by atoms with Crippen molar-refractivity contribution in [1.29, 1.82) is 0 Å². The molecule has 2 aliphatic rings. The average Bonchev–Trinajstić information content (AvgIpc) is 2.92. The van der Waals surface area contributed by atoms with Gasteiger partial charge in [-0.1, -0.05) is 48.6 Å². The van der Waals surface area contributed by atoms with Crippen LogP contribution in [0.25, 0.3) is 6.08 Å². The second kappa shape index (κ2) is 14.2. The lowest BCUT2D eigenvalue weighted by Gasteiger charge is -2.32. The molecule has 1 saturated heterocycles. The molecule has 2 aromatic rings. The molecule has 0 radical (unpaired) electrons. The molecule has 3 N–H and O–H groups in total. The number of fused-ring (bicyclic) bond motifs is 1. The monoisotopic (exact) mass is 532 g/mol. The number of piperidine rings is 1. The zero-order chi connectivity index (χ0) is 27.5. The lowest BCUT2D eigenvalue weighted by atomic mass is 9.90. The zero-order valence-electron chi connectivity index (χ0n) is 22.1. The summed E-state index contributed by atoms with van der Waals surface area (Å²) in [4.78, 5) is 32.9. The molecule has 8 nitrogen and oxygen atoms in total. The highest BCUT2D eigenvalue weighted by atomic mass is 16.6. The summed E-state index contributed by atoms with van der Waals surface area (Å²) in [6, 6.07) is 12.9. The van der Waals surface area contributed by atoms with E-state index >= 15 is 0 Å². The molecule has 0 aliphatic carbocycles. The highest BCUT2D eigenvalue weighted by Crippen LogP contribution is 2.30. The predicted octanol–water partition coefficient (Wildman–Crippen LogP) is 4.89. The van der Waals surface area contributed by atoms with Crippen LogP contribution in [0.15, 0.2) is 72.5 Å². The summed E-state index contributed by atoms with van der Waals surface area (Å²) < 4.78 is 5.31. The normalized spacial score (nSPS) is 18.4. The topological polar surface area (TPSA) is 108 Å². The molecule has 39 heavy (non-hydrogen) atoms. The summed E-state index contributed by atoms with van der Waals surface area (Å²) in [7, 11) is 0. The first-order valence-electron chi connectivity index (χ1n) is 13.5. The maximum Gasteiger partial charge on any atom is 0.342 e. The Labute approximate surface area is 229 Å². The largest absolute Gasteiger partial charge is 0.508 e. The number of rotatable bonds is 6. The van der Waals surface area contributed by atoms with Crippen LogP contribution < -0.4 is 5.48 Å². The van der Waals surface area contributed by atoms with Crippen molar-refractivity contribution < 1.29 is 29.4 Å². The first-order valence-corrected chi connectivity index (χ1v) is 13.5. The Morgan fingerprint density at radius 2 is 1.77 bits per heavy atom. The van der Waals surface area contributed by atoms with Crippen LogP contribution in [-0.2, 0) is 20.8 Å². The molecule has 0 atom stereocenters. The van der Waals surface area contributed by atoms with E-state index < -0.39 is 5.97 Å². The maximum atomic E-state index is 12.8. The number of hydrogen-bond acceptors (Lipinski definition) is 7. The number of nitrogens with one attached hydrogen (secondary N) is 1. The Hall–Kier alpha value is -4.04. The smallest absolute Gasteiger partial charge is 0.342 e. The molecule has 0 aromatic heterocycles. The number of hydrogen-bond donors (Lipinski definition) is 3. The van der Waals surface area contributed by atoms with Crippen LogP contribution in [0, 0.1) is 5.92 Å². The van der Waals surface area contributed by atoms with Crippen molar-refractivity contribution in [3.05, 3.63) is 89.2 Å². The minimum atomic E-state index is -0.695. The van der Waals surface area contributed by atoms with Crippen LogP contribution in [0.3, 0.4) is 0 Å². The number of amides is 1. The van der Waals surface area contributed by atoms with Gasteiger partial charge in [0, 0.05) is 19.2 Å². The molecule has 2 heterocycles. The van der Waals surface area contributed by atoms with Gasteiger partial charge in [-0.05, 0) is 73.8 Å². The van der Waals surface area contributed by atoms with Crippen LogP contribution in [0.1, 0.15) is 53.6 Å². The van der Waals surface area contributed by atoms with E-state index in [2.05, 4.69) is 29.7 Å². The van der Waals surface area contributed by atoms with Gasteiger partial charge in [-0.25, -0.2) is 4.79 Å². The molecule has 2 aliphatic heterocycles. The van der Waals surface area contributed by atoms with Gasteiger partial charge in [0.2, 0.25) is 0 Å². The van der Waals surface area contributed by atoms with Gasteiger partial charge in [0.15, 0.2) is 6.61 Å². The molecular weight excluding hydrogens is 496 g/mol. The van der Waals surface area contributed by atoms with Crippen molar-refractivity contribution in [2.24, 2.45) is 5.92 Å². The Morgan fingerprint density at radius 1 is 1.03 bits per heavy atom. The van der Waals surface area contributed by atoms with Gasteiger partial charge in [-0.3, -0.25) is 15.1 Å². The van der Waals surface area contributed by atoms with E-state index in [1.165, 1.54) is 11.6 Å². The van der Waals surface area contributed by atoms with Crippen LogP contribution in [0.4, 0.5) is 0 Å². The fraction of sp³-hybridized carbons (Fsp3) is 0.355. The third-order valence-corrected chi connectivity index (χ3v) is 6.85. The van der Waals surface area contributed by atoms with Crippen molar-refractivity contribution in [3.8, 4) is 11.5 Å². The van der Waals surface area contributed by atoms with Crippen LogP contribution in [-0.4, -0.2) is 53.3 Å². The van der Waals surface area contributed by atoms with E-state index in [1.54, 1.807) is 12.2 Å². The van der Waals surface area contributed by atoms with Gasteiger partial charge < -0.3 is 19.8 Å². The molecule has 0 saturated carbocycles. The van der Waals surface area contributed by atoms with E-state index in [1.807, 2.05) is 29.2 Å². The third kappa shape index (κ3) is 8.48. The summed E-state index contributed by atoms with van der Waals surface area (Å²) in [6.45, 7) is 1.42. The number of likely N-dealkylation sites (tertiary alicyclic amines) is 1. The van der Waals surface area contributed by atoms with Gasteiger partial charge in [0.05, 0.1) is 12.3 Å². The molecule has 1 amide bonds. The van der Waals surface area contributed by atoms with Crippen LogP contribution in [0.2, 0.25) is 0 Å². The fourth-order valence-electron chi connectivity index (χ4n) is 4.79. The number of allylic oxidation sites excluding steroid dienone is 3. The summed E-state index contributed by atoms with van der Waals surface area (Å²) in [5.74, 6) is -0.821. The minimum absolute atomic E-state index is 0.0593. The first-order chi connectivity index (χ1) is 19.0. The Morgan fingerprint density at radius 3 is 2.56 bits per heavy atom. The number of esters is 1. The number of ether oxygens (including phenoxy) is 1. The first kappa shape index (κ1) is 28.0. The molecule has 1 fully saturated rings. The molecule has 2 aromatic carbocycles. The summed E-state index contributed by atoms with van der Waals surface area (Å²) in [5, 5.41) is 20.4. The SMILES string of the molecule is O=C1OCCC=CCCC=C/C(NOCC(=O)N2CCC(Cc3ccccc3)CC2)=C/c2cc(O)cc(O)c21. The Kier molecular flexibility index (Phi) is 10.2. The highest BCUT2D eigenvalue weighted by molar-refractivity contribution is 5.97. The maximum absolute atomic E-state index is 12.8. The number of carbonyl (C=O) groups is 2. The number of phenolic OH excluding ortho intramolecular Hbond substituents is 2. The van der Waals surface area contributed by atoms with Gasteiger partial charge in [-0.15, -0.1) is 0 Å². The lowest BCUT2D eigenvalue weighted by molar-refractivity contribution is -0.139. The van der Waals surface area contributed by atoms with Gasteiger partial charge in [-0.2, -0.15) is 0 Å². The molecular formula is C31H36N2O6. The molecule has 8 heteroatoms. The van der Waals surface area contributed by atoms with Crippen molar-refractivity contribution in [2.75, 3.05) is 26.3 Å². The van der Waals surface area contributed by atoms with E-state index in [0.717, 1.165) is 38.2 Å². The van der Waals surface area contributed by atoms with Gasteiger partial charge in [0.25, 0.3) is 5.91 Å². The van der Waals surface area contributed by atoms with Crippen molar-refractivity contribution >= 4 is 18.0 Å². The summed E-state index contributed by atoms with van der Waals surface area (Å²) in [5.41, 5.74) is 4.77. The third-order valence-electron chi connectivity index (χ3n) is 6.85. The predicted molar refractivity (Wildman–Crippen MR) is 149 cm³/mol. The lowest BCUT2D eigenvalue weighted by Crippen LogP contribution is -2.41.